The van der Waals surface area contributed by atoms with Crippen molar-refractivity contribution >= 4 is 16.0 Å². The van der Waals surface area contributed by atoms with Crippen LogP contribution in [0.25, 0.3) is 0 Å². The molecule has 1 heterocycles. The van der Waals surface area contributed by atoms with Gasteiger partial charge in [0, 0.05) is 13.1 Å². The largest absolute Gasteiger partial charge is 0.469 e. The normalized spacial score (nSPS) is 22.1. The number of nitrogens with zero attached hydrogens (tertiary/aromatic N) is 1. The summed E-state index contributed by atoms with van der Waals surface area (Å²) >= 11 is 0. The Bertz CT molecular complexity index is 378. The van der Waals surface area contributed by atoms with Crippen molar-refractivity contribution in [2.45, 2.75) is 12.5 Å². The highest BCUT2D eigenvalue weighted by atomic mass is 32.2. The summed E-state index contributed by atoms with van der Waals surface area (Å²) in [6.45, 7) is 4.20. The number of hydrogen-bond acceptors (Lipinski definition) is 5. The van der Waals surface area contributed by atoms with Gasteiger partial charge in [-0.1, -0.05) is 6.08 Å². The molecule has 17 heavy (non-hydrogen) atoms. The van der Waals surface area contributed by atoms with Gasteiger partial charge in [0.2, 0.25) is 10.0 Å². The van der Waals surface area contributed by atoms with Crippen LogP contribution in [0.3, 0.4) is 0 Å². The van der Waals surface area contributed by atoms with Crippen molar-refractivity contribution in [3.05, 3.63) is 12.7 Å². The van der Waals surface area contributed by atoms with Gasteiger partial charge in [-0.2, -0.15) is 4.31 Å². The van der Waals surface area contributed by atoms with Gasteiger partial charge in [0.15, 0.2) is 0 Å². The maximum absolute atomic E-state index is 11.8. The zero-order valence-electron chi connectivity index (χ0n) is 9.79. The van der Waals surface area contributed by atoms with E-state index in [1.54, 1.807) is 0 Å². The molecule has 0 N–H and O–H groups in total. The van der Waals surface area contributed by atoms with Crippen LogP contribution in [-0.4, -0.2) is 57.4 Å². The SMILES string of the molecule is C=CCS(=O)(=O)N1CCOC(CC(=O)OC)C1. The van der Waals surface area contributed by atoms with Gasteiger partial charge >= 0.3 is 5.97 Å². The van der Waals surface area contributed by atoms with Crippen molar-refractivity contribution in [3.8, 4) is 0 Å². The summed E-state index contributed by atoms with van der Waals surface area (Å²) in [6.07, 6.45) is 0.979. The molecule has 1 atom stereocenters. The second kappa shape index (κ2) is 6.13. The Hall–Kier alpha value is -0.920. The molecule has 1 saturated heterocycles. The molecule has 0 aromatic carbocycles. The summed E-state index contributed by atoms with van der Waals surface area (Å²) < 4.78 is 34.7. The molecule has 0 bridgehead atoms. The van der Waals surface area contributed by atoms with Crippen LogP contribution in [0.2, 0.25) is 0 Å². The van der Waals surface area contributed by atoms with Crippen LogP contribution in [0.4, 0.5) is 0 Å². The van der Waals surface area contributed by atoms with Gasteiger partial charge in [-0.05, 0) is 0 Å². The highest BCUT2D eigenvalue weighted by Crippen LogP contribution is 2.13. The molecule has 0 spiro atoms. The second-order valence-corrected chi connectivity index (χ2v) is 5.71. The van der Waals surface area contributed by atoms with Crippen molar-refractivity contribution in [1.82, 2.24) is 4.31 Å². The van der Waals surface area contributed by atoms with Crippen LogP contribution in [0, 0.1) is 0 Å². The first kappa shape index (κ1) is 14.1. The van der Waals surface area contributed by atoms with Crippen LogP contribution in [0.1, 0.15) is 6.42 Å². The Morgan fingerprint density at radius 2 is 2.35 bits per heavy atom. The van der Waals surface area contributed by atoms with Gasteiger partial charge in [-0.25, -0.2) is 8.42 Å². The third-order valence-corrected chi connectivity index (χ3v) is 4.22. The predicted molar refractivity (Wildman–Crippen MR) is 61.9 cm³/mol. The molecule has 0 aromatic heterocycles. The Labute approximate surface area is 101 Å². The van der Waals surface area contributed by atoms with E-state index in [1.807, 2.05) is 0 Å². The van der Waals surface area contributed by atoms with E-state index < -0.39 is 22.1 Å². The van der Waals surface area contributed by atoms with Crippen LogP contribution in [0.15, 0.2) is 12.7 Å². The highest BCUT2D eigenvalue weighted by molar-refractivity contribution is 7.89. The highest BCUT2D eigenvalue weighted by Gasteiger charge is 2.29. The lowest BCUT2D eigenvalue weighted by molar-refractivity contribution is -0.145. The molecule has 0 amide bonds. The number of carbonyl (C=O) groups is 1. The number of morpholine rings is 1. The van der Waals surface area contributed by atoms with E-state index in [-0.39, 0.29) is 25.3 Å². The molecule has 98 valence electrons. The molecule has 7 heteroatoms. The van der Waals surface area contributed by atoms with E-state index in [4.69, 9.17) is 4.74 Å². The van der Waals surface area contributed by atoms with Crippen LogP contribution >= 0.6 is 0 Å². The molecule has 1 aliphatic rings. The topological polar surface area (TPSA) is 72.9 Å². The molecule has 1 fully saturated rings. The number of hydrogen-bond donors (Lipinski definition) is 0. The number of ether oxygens (including phenoxy) is 2. The zero-order valence-corrected chi connectivity index (χ0v) is 10.6. The van der Waals surface area contributed by atoms with Crippen LogP contribution in [-0.2, 0) is 24.3 Å². The molecular weight excluding hydrogens is 246 g/mol. The van der Waals surface area contributed by atoms with Crippen molar-refractivity contribution in [1.29, 1.82) is 0 Å². The lowest BCUT2D eigenvalue weighted by Gasteiger charge is -2.31. The number of methoxy groups -OCH3 is 1. The Morgan fingerprint density at radius 3 is 2.94 bits per heavy atom. The molecule has 0 radical (unpaired) electrons. The minimum atomic E-state index is -3.33. The van der Waals surface area contributed by atoms with E-state index in [1.165, 1.54) is 17.5 Å². The Morgan fingerprint density at radius 1 is 1.65 bits per heavy atom. The first-order valence-corrected chi connectivity index (χ1v) is 6.87. The first-order valence-electron chi connectivity index (χ1n) is 5.26. The minimum Gasteiger partial charge on any atom is -0.469 e. The average Bonchev–Trinajstić information content (AvgIpc) is 2.29. The molecule has 1 aliphatic heterocycles. The van der Waals surface area contributed by atoms with Gasteiger partial charge in [-0.15, -0.1) is 6.58 Å². The molecule has 1 unspecified atom stereocenters. The van der Waals surface area contributed by atoms with Crippen molar-refractivity contribution in [3.63, 3.8) is 0 Å². The van der Waals surface area contributed by atoms with E-state index in [9.17, 15) is 13.2 Å². The molecule has 6 nitrogen and oxygen atoms in total. The van der Waals surface area contributed by atoms with Crippen LogP contribution in [0.5, 0.6) is 0 Å². The van der Waals surface area contributed by atoms with E-state index in [2.05, 4.69) is 11.3 Å². The zero-order chi connectivity index (χ0) is 12.9. The van der Waals surface area contributed by atoms with Gasteiger partial charge in [0.05, 0.1) is 32.0 Å². The maximum Gasteiger partial charge on any atom is 0.308 e. The summed E-state index contributed by atoms with van der Waals surface area (Å²) in [5, 5.41) is 0. The average molecular weight is 263 g/mol. The van der Waals surface area contributed by atoms with E-state index in [0.717, 1.165) is 0 Å². The molecular formula is C10H17NO5S. The first-order chi connectivity index (χ1) is 7.99. The monoisotopic (exact) mass is 263 g/mol. The number of sulfonamides is 1. The molecule has 1 rings (SSSR count). The Kier molecular flexibility index (Phi) is 5.10. The number of esters is 1. The molecule has 0 saturated carbocycles. The van der Waals surface area contributed by atoms with E-state index in [0.29, 0.717) is 6.54 Å². The molecule has 0 aliphatic carbocycles. The lowest BCUT2D eigenvalue weighted by Crippen LogP contribution is -2.46. The lowest BCUT2D eigenvalue weighted by atomic mass is 10.2. The number of rotatable bonds is 5. The van der Waals surface area contributed by atoms with Crippen molar-refractivity contribution < 1.29 is 22.7 Å². The quantitative estimate of drug-likeness (QED) is 0.506. The van der Waals surface area contributed by atoms with Crippen LogP contribution < -0.4 is 0 Å². The predicted octanol–water partition coefficient (Wildman–Crippen LogP) is -0.234. The Balaban J connectivity index is 2.60. The maximum atomic E-state index is 11.8. The fourth-order valence-electron chi connectivity index (χ4n) is 1.59. The summed E-state index contributed by atoms with van der Waals surface area (Å²) in [5.41, 5.74) is 0. The fraction of sp³-hybridized carbons (Fsp3) is 0.700. The third kappa shape index (κ3) is 4.10. The second-order valence-electron chi connectivity index (χ2n) is 3.70. The fourth-order valence-corrected chi connectivity index (χ4v) is 2.85. The van der Waals surface area contributed by atoms with Crippen molar-refractivity contribution in [2.75, 3.05) is 32.6 Å². The third-order valence-electron chi connectivity index (χ3n) is 2.45. The summed E-state index contributed by atoms with van der Waals surface area (Å²) in [5.74, 6) is -0.504. The van der Waals surface area contributed by atoms with E-state index >= 15 is 0 Å². The smallest absolute Gasteiger partial charge is 0.308 e. The summed E-state index contributed by atoms with van der Waals surface area (Å²) in [6, 6.07) is 0. The summed E-state index contributed by atoms with van der Waals surface area (Å²) in [4.78, 5) is 11.1. The van der Waals surface area contributed by atoms with Crippen molar-refractivity contribution in [2.24, 2.45) is 0 Å². The minimum absolute atomic E-state index is 0.0661. The van der Waals surface area contributed by atoms with Gasteiger partial charge in [0.25, 0.3) is 0 Å². The summed E-state index contributed by atoms with van der Waals surface area (Å²) in [7, 11) is -2.04. The standard InChI is InChI=1S/C10H17NO5S/c1-3-6-17(13,14)11-4-5-16-9(8-11)7-10(12)15-2/h3,9H,1,4-8H2,2H3. The van der Waals surface area contributed by atoms with Gasteiger partial charge in [0.1, 0.15) is 0 Å². The molecule has 0 aromatic rings. The van der Waals surface area contributed by atoms with Gasteiger partial charge < -0.3 is 9.47 Å². The van der Waals surface area contributed by atoms with Gasteiger partial charge in [-0.3, -0.25) is 4.79 Å². The number of carbonyl (C=O) groups excluding carboxylic acids is 1.